The number of anilines is 1. The lowest BCUT2D eigenvalue weighted by Crippen LogP contribution is -2.30. The summed E-state index contributed by atoms with van der Waals surface area (Å²) in [6.45, 7) is 12.0. The molecule has 0 bridgehead atoms. The number of nitrogens with zero attached hydrogens (tertiary/aromatic N) is 1. The second kappa shape index (κ2) is 8.07. The highest BCUT2D eigenvalue weighted by atomic mass is 16.3. The van der Waals surface area contributed by atoms with Crippen molar-refractivity contribution in [1.82, 2.24) is 0 Å². The predicted octanol–water partition coefficient (Wildman–Crippen LogP) is 6.13. The van der Waals surface area contributed by atoms with Crippen molar-refractivity contribution in [3.05, 3.63) is 93.9 Å². The number of carbonyl (C=O) groups excluding carboxylic acids is 2. The summed E-state index contributed by atoms with van der Waals surface area (Å²) in [5.41, 5.74) is 4.79. The second-order valence-electron chi connectivity index (χ2n) is 9.75. The number of ketones is 1. The van der Waals surface area contributed by atoms with E-state index >= 15 is 0 Å². The van der Waals surface area contributed by atoms with E-state index in [0.29, 0.717) is 17.0 Å². The van der Waals surface area contributed by atoms with Crippen LogP contribution in [0.2, 0.25) is 0 Å². The van der Waals surface area contributed by atoms with Gasteiger partial charge in [0.2, 0.25) is 0 Å². The Morgan fingerprint density at radius 3 is 2.30 bits per heavy atom. The molecule has 5 nitrogen and oxygen atoms in total. The first-order chi connectivity index (χ1) is 15.5. The van der Waals surface area contributed by atoms with Gasteiger partial charge in [-0.1, -0.05) is 50.6 Å². The molecule has 170 valence electrons. The van der Waals surface area contributed by atoms with E-state index in [-0.39, 0.29) is 16.7 Å². The van der Waals surface area contributed by atoms with E-state index in [1.54, 1.807) is 12.1 Å². The summed E-state index contributed by atoms with van der Waals surface area (Å²) in [4.78, 5) is 28.1. The van der Waals surface area contributed by atoms with Crippen LogP contribution in [-0.2, 0) is 15.0 Å². The van der Waals surface area contributed by atoms with Gasteiger partial charge in [0.1, 0.15) is 17.6 Å². The molecule has 1 aliphatic heterocycles. The minimum absolute atomic E-state index is 0.0316. The van der Waals surface area contributed by atoms with Crippen LogP contribution >= 0.6 is 0 Å². The molecule has 1 aromatic heterocycles. The maximum Gasteiger partial charge on any atom is 0.300 e. The fraction of sp³-hybridized carbons (Fsp3) is 0.286. The van der Waals surface area contributed by atoms with Gasteiger partial charge in [0.15, 0.2) is 0 Å². The number of hydrogen-bond donors (Lipinski definition) is 1. The molecule has 1 N–H and O–H groups in total. The Balaban J connectivity index is 1.97. The molecule has 1 unspecified atom stereocenters. The topological polar surface area (TPSA) is 70.8 Å². The van der Waals surface area contributed by atoms with Gasteiger partial charge in [-0.05, 0) is 67.1 Å². The van der Waals surface area contributed by atoms with E-state index in [2.05, 4.69) is 20.8 Å². The predicted molar refractivity (Wildman–Crippen MR) is 129 cm³/mol. The summed E-state index contributed by atoms with van der Waals surface area (Å²) < 4.78 is 5.66. The Morgan fingerprint density at radius 1 is 0.970 bits per heavy atom. The van der Waals surface area contributed by atoms with Gasteiger partial charge in [-0.2, -0.15) is 0 Å². The molecule has 1 fully saturated rings. The lowest BCUT2D eigenvalue weighted by atomic mass is 9.84. The molecule has 1 saturated heterocycles. The molecule has 0 saturated carbocycles. The van der Waals surface area contributed by atoms with Gasteiger partial charge in [-0.25, -0.2) is 0 Å². The molecule has 1 aliphatic rings. The molecule has 33 heavy (non-hydrogen) atoms. The Morgan fingerprint density at radius 2 is 1.70 bits per heavy atom. The highest BCUT2D eigenvalue weighted by Crippen LogP contribution is 2.44. The van der Waals surface area contributed by atoms with Crippen LogP contribution in [0, 0.1) is 20.8 Å². The molecule has 2 aromatic carbocycles. The van der Waals surface area contributed by atoms with Gasteiger partial charge in [-0.3, -0.25) is 14.5 Å². The van der Waals surface area contributed by atoms with Crippen LogP contribution in [0.25, 0.3) is 5.76 Å². The van der Waals surface area contributed by atoms with Crippen molar-refractivity contribution in [3.63, 3.8) is 0 Å². The highest BCUT2D eigenvalue weighted by molar-refractivity contribution is 6.51. The lowest BCUT2D eigenvalue weighted by molar-refractivity contribution is -0.132. The molecule has 1 amide bonds. The Kier molecular flexibility index (Phi) is 5.52. The molecule has 2 heterocycles. The van der Waals surface area contributed by atoms with Gasteiger partial charge in [0.05, 0.1) is 11.8 Å². The monoisotopic (exact) mass is 443 g/mol. The largest absolute Gasteiger partial charge is 0.507 e. The summed E-state index contributed by atoms with van der Waals surface area (Å²) in [5.74, 6) is -1.19. The summed E-state index contributed by atoms with van der Waals surface area (Å²) in [5, 5.41) is 11.5. The van der Waals surface area contributed by atoms with Crippen molar-refractivity contribution in [2.75, 3.05) is 4.90 Å². The van der Waals surface area contributed by atoms with Crippen LogP contribution in [-0.4, -0.2) is 16.8 Å². The first-order valence-corrected chi connectivity index (χ1v) is 11.0. The first-order valence-electron chi connectivity index (χ1n) is 11.0. The maximum atomic E-state index is 13.3. The van der Waals surface area contributed by atoms with Crippen molar-refractivity contribution in [1.29, 1.82) is 0 Å². The first kappa shape index (κ1) is 22.6. The van der Waals surface area contributed by atoms with Gasteiger partial charge >= 0.3 is 0 Å². The maximum absolute atomic E-state index is 13.3. The third-order valence-electron chi connectivity index (χ3n) is 6.23. The number of Topliss-reactive ketones (excluding diaryl/α,β-unsaturated/α-hetero) is 1. The van der Waals surface area contributed by atoms with Crippen LogP contribution in [0.1, 0.15) is 60.4 Å². The van der Waals surface area contributed by atoms with E-state index < -0.39 is 17.7 Å². The van der Waals surface area contributed by atoms with Crippen molar-refractivity contribution in [2.24, 2.45) is 0 Å². The van der Waals surface area contributed by atoms with E-state index in [0.717, 1.165) is 22.3 Å². The number of benzene rings is 2. The quantitative estimate of drug-likeness (QED) is 0.300. The van der Waals surface area contributed by atoms with E-state index in [1.807, 2.05) is 57.2 Å². The third-order valence-corrected chi connectivity index (χ3v) is 6.23. The van der Waals surface area contributed by atoms with Crippen LogP contribution < -0.4 is 4.90 Å². The number of rotatable bonds is 3. The molecule has 3 aromatic rings. The number of amides is 1. The summed E-state index contributed by atoms with van der Waals surface area (Å²) >= 11 is 0. The van der Waals surface area contributed by atoms with Crippen molar-refractivity contribution in [2.45, 2.75) is 53.0 Å². The number of furan rings is 1. The average Bonchev–Trinajstić information content (AvgIpc) is 3.35. The second-order valence-corrected chi connectivity index (χ2v) is 9.75. The summed E-state index contributed by atoms with van der Waals surface area (Å²) in [6.07, 6.45) is 1.50. The van der Waals surface area contributed by atoms with Gasteiger partial charge in [0, 0.05) is 11.3 Å². The van der Waals surface area contributed by atoms with Crippen LogP contribution in [0.3, 0.4) is 0 Å². The fourth-order valence-corrected chi connectivity index (χ4v) is 4.36. The molecular formula is C28H29NO4. The van der Waals surface area contributed by atoms with Crippen LogP contribution in [0.15, 0.2) is 64.8 Å². The molecular weight excluding hydrogens is 414 g/mol. The molecule has 1 atom stereocenters. The third kappa shape index (κ3) is 3.88. The van der Waals surface area contributed by atoms with Crippen LogP contribution in [0.4, 0.5) is 5.69 Å². The Labute approximate surface area is 194 Å². The fourth-order valence-electron chi connectivity index (χ4n) is 4.36. The van der Waals surface area contributed by atoms with Crippen LogP contribution in [0.5, 0.6) is 0 Å². The normalized spacial score (nSPS) is 18.2. The van der Waals surface area contributed by atoms with Gasteiger partial charge < -0.3 is 9.52 Å². The van der Waals surface area contributed by atoms with E-state index in [9.17, 15) is 14.7 Å². The zero-order valence-electron chi connectivity index (χ0n) is 19.9. The number of carbonyl (C=O) groups is 2. The number of aryl methyl sites for hydroxylation is 3. The van der Waals surface area contributed by atoms with Gasteiger partial charge in [-0.15, -0.1) is 0 Å². The highest BCUT2D eigenvalue weighted by Gasteiger charge is 2.48. The lowest BCUT2D eigenvalue weighted by Gasteiger charge is -2.25. The smallest absolute Gasteiger partial charge is 0.300 e. The summed E-state index contributed by atoms with van der Waals surface area (Å²) in [6, 6.07) is 14.1. The standard InChI is InChI=1S/C28H29NO4/c1-16-9-12-21(18(3)14-16)29-24(22-8-7-13-33-22)23(26(31)27(29)32)25(30)20-15-19(28(4,5)6)11-10-17(20)2/h7-15,24,30H,1-6H3/b25-23+. The van der Waals surface area contributed by atoms with E-state index in [4.69, 9.17) is 4.42 Å². The van der Waals surface area contributed by atoms with Gasteiger partial charge in [0.25, 0.3) is 11.7 Å². The number of aliphatic hydroxyl groups excluding tert-OH is 1. The zero-order chi connectivity index (χ0) is 24.1. The van der Waals surface area contributed by atoms with E-state index in [1.165, 1.54) is 11.2 Å². The molecule has 0 aliphatic carbocycles. The van der Waals surface area contributed by atoms with Crippen molar-refractivity contribution < 1.29 is 19.1 Å². The van der Waals surface area contributed by atoms with Crippen molar-refractivity contribution >= 4 is 23.1 Å². The Bertz CT molecular complexity index is 1280. The minimum atomic E-state index is -0.862. The average molecular weight is 444 g/mol. The molecule has 0 radical (unpaired) electrons. The molecule has 4 rings (SSSR count). The van der Waals surface area contributed by atoms with Crippen molar-refractivity contribution in [3.8, 4) is 0 Å². The minimum Gasteiger partial charge on any atom is -0.507 e. The zero-order valence-corrected chi connectivity index (χ0v) is 19.9. The Hall–Kier alpha value is -3.60. The number of aliphatic hydroxyl groups is 1. The SMILES string of the molecule is Cc1ccc(N2C(=O)C(=O)/C(=C(/O)c3cc(C(C)(C)C)ccc3C)C2c2ccco2)c(C)c1. The summed E-state index contributed by atoms with van der Waals surface area (Å²) in [7, 11) is 0. The number of hydrogen-bond acceptors (Lipinski definition) is 4. The molecule has 0 spiro atoms. The molecule has 5 heteroatoms.